The Morgan fingerprint density at radius 3 is 2.53 bits per heavy atom. The van der Waals surface area contributed by atoms with Gasteiger partial charge in [-0.1, -0.05) is 17.7 Å². The van der Waals surface area contributed by atoms with Gasteiger partial charge in [-0.2, -0.15) is 0 Å². The van der Waals surface area contributed by atoms with Crippen LogP contribution in [0.25, 0.3) is 0 Å². The minimum atomic E-state index is -0.821. The van der Waals surface area contributed by atoms with Crippen LogP contribution in [0.4, 0.5) is 8.78 Å². The Morgan fingerprint density at radius 2 is 1.94 bits per heavy atom. The maximum absolute atomic E-state index is 13.7. The van der Waals surface area contributed by atoms with Gasteiger partial charge in [0, 0.05) is 10.4 Å². The van der Waals surface area contributed by atoms with Crippen LogP contribution in [-0.2, 0) is 0 Å². The molecule has 0 bridgehead atoms. The summed E-state index contributed by atoms with van der Waals surface area (Å²) < 4.78 is 27.2. The normalized spacial score (nSPS) is 12.0. The molecule has 6 heteroatoms. The summed E-state index contributed by atoms with van der Waals surface area (Å²) >= 11 is 6.95. The van der Waals surface area contributed by atoms with Crippen molar-refractivity contribution in [3.63, 3.8) is 0 Å². The minimum Gasteiger partial charge on any atom is -0.319 e. The molecule has 0 aliphatic rings. The highest BCUT2D eigenvalue weighted by atomic mass is 35.5. The van der Waals surface area contributed by atoms with Crippen LogP contribution in [0.2, 0.25) is 5.02 Å². The molecule has 1 aromatic heterocycles. The lowest BCUT2D eigenvalue weighted by molar-refractivity contribution is 0.545. The van der Waals surface area contributed by atoms with Crippen LogP contribution in [-0.4, -0.2) is 0 Å². The molecule has 2 N–H and O–H groups in total. The van der Waals surface area contributed by atoms with Crippen LogP contribution in [0.15, 0.2) is 29.6 Å². The van der Waals surface area contributed by atoms with Gasteiger partial charge in [0.1, 0.15) is 11.6 Å². The molecule has 2 rings (SSSR count). The summed E-state index contributed by atoms with van der Waals surface area (Å²) in [6.07, 6.45) is 0. The van der Waals surface area contributed by atoms with Crippen molar-refractivity contribution < 1.29 is 8.78 Å². The first-order valence-corrected chi connectivity index (χ1v) is 5.79. The molecule has 0 saturated heterocycles. The smallest absolute Gasteiger partial charge is 0.149 e. The molecule has 1 atom stereocenters. The zero-order valence-corrected chi connectivity index (χ0v) is 10.9. The number of halogens is 4. The molecule has 0 saturated carbocycles. The maximum Gasteiger partial charge on any atom is 0.149 e. The first-order chi connectivity index (χ1) is 7.61. The lowest BCUT2D eigenvalue weighted by atomic mass is 10.0. The van der Waals surface area contributed by atoms with Crippen molar-refractivity contribution in [3.8, 4) is 0 Å². The average molecular weight is 296 g/mol. The molecule has 0 unspecified atom stereocenters. The third-order valence-electron chi connectivity index (χ3n) is 2.24. The fraction of sp³-hybridized carbons (Fsp3) is 0.0909. The van der Waals surface area contributed by atoms with Crippen LogP contribution in [0, 0.1) is 11.6 Å². The number of hydrogen-bond acceptors (Lipinski definition) is 2. The number of nitrogens with two attached hydrogens (primary N) is 1. The van der Waals surface area contributed by atoms with E-state index in [0.717, 1.165) is 6.07 Å². The van der Waals surface area contributed by atoms with Crippen molar-refractivity contribution >= 4 is 35.3 Å². The van der Waals surface area contributed by atoms with Crippen molar-refractivity contribution in [2.45, 2.75) is 6.04 Å². The van der Waals surface area contributed by atoms with E-state index in [1.165, 1.54) is 17.4 Å². The van der Waals surface area contributed by atoms with Gasteiger partial charge in [-0.15, -0.1) is 23.7 Å². The highest BCUT2D eigenvalue weighted by Gasteiger charge is 2.21. The van der Waals surface area contributed by atoms with Gasteiger partial charge < -0.3 is 5.73 Å². The SMILES string of the molecule is Cl.N[C@H](c1cccs1)c1c(F)ccc(Cl)c1F. The lowest BCUT2D eigenvalue weighted by Crippen LogP contribution is -2.14. The van der Waals surface area contributed by atoms with Gasteiger partial charge in [0.15, 0.2) is 0 Å². The number of hydrogen-bond donors (Lipinski definition) is 1. The van der Waals surface area contributed by atoms with Crippen LogP contribution in [0.1, 0.15) is 16.5 Å². The zero-order valence-electron chi connectivity index (χ0n) is 8.49. The summed E-state index contributed by atoms with van der Waals surface area (Å²) in [4.78, 5) is 0.695. The van der Waals surface area contributed by atoms with Gasteiger partial charge >= 0.3 is 0 Å². The Morgan fingerprint density at radius 1 is 1.24 bits per heavy atom. The van der Waals surface area contributed by atoms with Crippen LogP contribution >= 0.6 is 35.3 Å². The number of benzene rings is 1. The molecule has 92 valence electrons. The quantitative estimate of drug-likeness (QED) is 0.828. The topological polar surface area (TPSA) is 26.0 Å². The maximum atomic E-state index is 13.7. The largest absolute Gasteiger partial charge is 0.319 e. The molecule has 1 heterocycles. The Kier molecular flexibility index (Phi) is 4.89. The van der Waals surface area contributed by atoms with Crippen molar-refractivity contribution in [2.24, 2.45) is 5.73 Å². The predicted molar refractivity (Wildman–Crippen MR) is 69.0 cm³/mol. The molecule has 0 fully saturated rings. The van der Waals surface area contributed by atoms with E-state index in [4.69, 9.17) is 17.3 Å². The molecular formula is C11H9Cl2F2NS. The Hall–Kier alpha value is -0.680. The van der Waals surface area contributed by atoms with Crippen LogP contribution in [0.5, 0.6) is 0 Å². The Labute approximate surface area is 113 Å². The second-order valence-corrected chi connectivity index (χ2v) is 4.64. The number of thiophene rings is 1. The third-order valence-corrected chi connectivity index (χ3v) is 3.49. The van der Waals surface area contributed by atoms with Gasteiger partial charge in [0.25, 0.3) is 0 Å². The first-order valence-electron chi connectivity index (χ1n) is 4.53. The van der Waals surface area contributed by atoms with Gasteiger partial charge in [-0.3, -0.25) is 0 Å². The third kappa shape index (κ3) is 2.77. The summed E-state index contributed by atoms with van der Waals surface area (Å²) in [6.45, 7) is 0. The zero-order chi connectivity index (χ0) is 11.7. The molecule has 1 aromatic carbocycles. The molecule has 1 nitrogen and oxygen atoms in total. The number of rotatable bonds is 2. The van der Waals surface area contributed by atoms with Crippen LogP contribution < -0.4 is 5.73 Å². The molecule has 17 heavy (non-hydrogen) atoms. The van der Waals surface area contributed by atoms with Gasteiger partial charge in [0.2, 0.25) is 0 Å². The first kappa shape index (κ1) is 14.4. The fourth-order valence-corrected chi connectivity index (χ4v) is 2.34. The standard InChI is InChI=1S/C11H8ClF2NS.ClH/c12-6-3-4-7(13)9(10(6)14)11(15)8-2-1-5-16-8;/h1-5,11H,15H2;1H/t11-;/m1./s1. The highest BCUT2D eigenvalue weighted by molar-refractivity contribution is 7.10. The molecule has 0 aliphatic carbocycles. The molecule has 0 radical (unpaired) electrons. The molecule has 2 aromatic rings. The predicted octanol–water partition coefficient (Wildman–Crippen LogP) is 4.15. The fourth-order valence-electron chi connectivity index (χ4n) is 1.44. The van der Waals surface area contributed by atoms with E-state index in [0.29, 0.717) is 4.88 Å². The van der Waals surface area contributed by atoms with E-state index in [2.05, 4.69) is 0 Å². The monoisotopic (exact) mass is 295 g/mol. The molecule has 0 amide bonds. The van der Waals surface area contributed by atoms with Crippen molar-refractivity contribution in [1.29, 1.82) is 0 Å². The lowest BCUT2D eigenvalue weighted by Gasteiger charge is -2.12. The summed E-state index contributed by atoms with van der Waals surface area (Å²) in [5.41, 5.74) is 5.62. The summed E-state index contributed by atoms with van der Waals surface area (Å²) in [6, 6.07) is 4.99. The second-order valence-electron chi connectivity index (χ2n) is 3.25. The van der Waals surface area contributed by atoms with E-state index in [-0.39, 0.29) is 23.0 Å². The van der Waals surface area contributed by atoms with Crippen molar-refractivity contribution in [3.05, 3.63) is 56.7 Å². The highest BCUT2D eigenvalue weighted by Crippen LogP contribution is 2.30. The van der Waals surface area contributed by atoms with E-state index in [1.54, 1.807) is 17.5 Å². The Bertz CT molecular complexity index is 502. The van der Waals surface area contributed by atoms with Crippen LogP contribution in [0.3, 0.4) is 0 Å². The van der Waals surface area contributed by atoms with Gasteiger partial charge in [-0.05, 0) is 23.6 Å². The summed E-state index contributed by atoms with van der Waals surface area (Å²) in [5, 5.41) is 1.68. The summed E-state index contributed by atoms with van der Waals surface area (Å²) in [7, 11) is 0. The van der Waals surface area contributed by atoms with E-state index in [1.807, 2.05) is 0 Å². The van der Waals surface area contributed by atoms with E-state index < -0.39 is 17.7 Å². The van der Waals surface area contributed by atoms with Gasteiger partial charge in [0.05, 0.1) is 11.1 Å². The molecule has 0 aliphatic heterocycles. The average Bonchev–Trinajstić information content (AvgIpc) is 2.77. The van der Waals surface area contributed by atoms with E-state index in [9.17, 15) is 8.78 Å². The molecular weight excluding hydrogens is 287 g/mol. The molecule has 0 spiro atoms. The minimum absolute atomic E-state index is 0. The van der Waals surface area contributed by atoms with Gasteiger partial charge in [-0.25, -0.2) is 8.78 Å². The second kappa shape index (κ2) is 5.78. The van der Waals surface area contributed by atoms with E-state index >= 15 is 0 Å². The van der Waals surface area contributed by atoms with Crippen molar-refractivity contribution in [1.82, 2.24) is 0 Å². The Balaban J connectivity index is 0.00000144. The van der Waals surface area contributed by atoms with Crippen molar-refractivity contribution in [2.75, 3.05) is 0 Å². The summed E-state index contributed by atoms with van der Waals surface area (Å²) in [5.74, 6) is -1.47.